The number of benzene rings is 3. The van der Waals surface area contributed by atoms with Crippen LogP contribution in [0.1, 0.15) is 87.9 Å². The molecule has 3 aromatic rings. The van der Waals surface area contributed by atoms with Crippen LogP contribution in [0.3, 0.4) is 0 Å². The van der Waals surface area contributed by atoms with Gasteiger partial charge in [0.25, 0.3) is 0 Å². The van der Waals surface area contributed by atoms with E-state index in [2.05, 4.69) is 6.92 Å². The summed E-state index contributed by atoms with van der Waals surface area (Å²) >= 11 is 0. The van der Waals surface area contributed by atoms with Crippen molar-refractivity contribution >= 4 is 23.5 Å². The summed E-state index contributed by atoms with van der Waals surface area (Å²) in [6, 6.07) is 28.7. The Morgan fingerprint density at radius 1 is 0.600 bits per heavy atom. The number of rotatable bonds is 16. The molecule has 0 saturated carbocycles. The summed E-state index contributed by atoms with van der Waals surface area (Å²) < 4.78 is 15.0. The van der Waals surface area contributed by atoms with Gasteiger partial charge in [0.2, 0.25) is 0 Å². The van der Waals surface area contributed by atoms with Crippen molar-refractivity contribution in [2.75, 3.05) is 0 Å². The molecular formula is C32H41O2P. The molecule has 0 aliphatic heterocycles. The first-order chi connectivity index (χ1) is 17.2. The average molecular weight is 489 g/mol. The Bertz CT molecular complexity index is 987. The van der Waals surface area contributed by atoms with Gasteiger partial charge in [-0.3, -0.25) is 4.79 Å². The predicted molar refractivity (Wildman–Crippen MR) is 151 cm³/mol. The summed E-state index contributed by atoms with van der Waals surface area (Å²) in [5.41, 5.74) is 0.0976. The molecule has 0 spiro atoms. The lowest BCUT2D eigenvalue weighted by atomic mass is 10.0. The molecule has 1 unspecified atom stereocenters. The van der Waals surface area contributed by atoms with Gasteiger partial charge in [-0.05, 0) is 6.42 Å². The van der Waals surface area contributed by atoms with Gasteiger partial charge in [-0.25, -0.2) is 0 Å². The molecule has 0 bridgehead atoms. The monoisotopic (exact) mass is 488 g/mol. The van der Waals surface area contributed by atoms with Gasteiger partial charge in [0.05, 0.1) is 5.66 Å². The molecule has 3 heteroatoms. The van der Waals surface area contributed by atoms with E-state index in [1.165, 1.54) is 51.4 Å². The average Bonchev–Trinajstić information content (AvgIpc) is 2.92. The van der Waals surface area contributed by atoms with Crippen molar-refractivity contribution in [2.24, 2.45) is 0 Å². The van der Waals surface area contributed by atoms with Gasteiger partial charge in [0.1, 0.15) is 0 Å². The van der Waals surface area contributed by atoms with Gasteiger partial charge in [-0.1, -0.05) is 162 Å². The van der Waals surface area contributed by atoms with Crippen molar-refractivity contribution in [3.05, 3.63) is 96.6 Å². The number of unbranched alkanes of at least 4 members (excludes halogenated alkanes) is 9. The van der Waals surface area contributed by atoms with Crippen LogP contribution in [0.15, 0.2) is 91.0 Å². The highest BCUT2D eigenvalue weighted by Crippen LogP contribution is 2.51. The molecule has 0 amide bonds. The van der Waals surface area contributed by atoms with Gasteiger partial charge in [0.15, 0.2) is 12.9 Å². The fourth-order valence-electron chi connectivity index (χ4n) is 4.91. The zero-order chi connectivity index (χ0) is 24.8. The molecule has 0 aromatic heterocycles. The quantitative estimate of drug-likeness (QED) is 0.115. The summed E-state index contributed by atoms with van der Waals surface area (Å²) in [6.45, 7) is 2.25. The fraction of sp³-hybridized carbons (Fsp3) is 0.406. The van der Waals surface area contributed by atoms with Gasteiger partial charge < -0.3 is 4.57 Å². The first-order valence-electron chi connectivity index (χ1n) is 13.5. The van der Waals surface area contributed by atoms with Crippen LogP contribution in [-0.2, 0) is 4.57 Å². The molecule has 2 nitrogen and oxygen atoms in total. The van der Waals surface area contributed by atoms with Crippen LogP contribution in [0.5, 0.6) is 0 Å². The maximum atomic E-state index is 15.0. The lowest BCUT2D eigenvalue weighted by Crippen LogP contribution is -2.32. The van der Waals surface area contributed by atoms with Crippen LogP contribution in [0.25, 0.3) is 0 Å². The molecule has 186 valence electrons. The van der Waals surface area contributed by atoms with Crippen LogP contribution in [0.4, 0.5) is 0 Å². The number of carbonyl (C=O) groups is 1. The molecule has 0 fully saturated rings. The summed E-state index contributed by atoms with van der Waals surface area (Å²) in [4.78, 5) is 13.9. The Kier molecular flexibility index (Phi) is 11.5. The van der Waals surface area contributed by atoms with Crippen LogP contribution in [0, 0.1) is 0 Å². The largest absolute Gasteiger partial charge is 0.313 e. The van der Waals surface area contributed by atoms with Crippen LogP contribution in [0.2, 0.25) is 0 Å². The lowest BCUT2D eigenvalue weighted by molar-refractivity contribution is 0.0982. The topological polar surface area (TPSA) is 34.1 Å². The molecule has 3 aromatic carbocycles. The SMILES string of the molecule is CCCCCCCCCCCCC(C(=O)c1ccccc1)P(=O)(c1ccccc1)c1ccccc1. The van der Waals surface area contributed by atoms with Crippen LogP contribution in [-0.4, -0.2) is 11.4 Å². The van der Waals surface area contributed by atoms with Crippen molar-refractivity contribution in [3.63, 3.8) is 0 Å². The molecule has 0 radical (unpaired) electrons. The van der Waals surface area contributed by atoms with E-state index in [1.807, 2.05) is 91.0 Å². The van der Waals surface area contributed by atoms with E-state index in [-0.39, 0.29) is 5.78 Å². The van der Waals surface area contributed by atoms with Gasteiger partial charge >= 0.3 is 0 Å². The van der Waals surface area contributed by atoms with E-state index in [0.29, 0.717) is 12.0 Å². The minimum Gasteiger partial charge on any atom is -0.313 e. The van der Waals surface area contributed by atoms with Crippen molar-refractivity contribution in [1.82, 2.24) is 0 Å². The van der Waals surface area contributed by atoms with Gasteiger partial charge in [-0.2, -0.15) is 0 Å². The fourth-order valence-corrected chi connectivity index (χ4v) is 8.18. The molecule has 1 atom stereocenters. The maximum Gasteiger partial charge on any atom is 0.173 e. The highest BCUT2D eigenvalue weighted by atomic mass is 31.2. The Balaban J connectivity index is 1.76. The molecule has 0 aliphatic carbocycles. The van der Waals surface area contributed by atoms with Crippen LogP contribution >= 0.6 is 7.14 Å². The van der Waals surface area contributed by atoms with E-state index in [0.717, 1.165) is 23.5 Å². The van der Waals surface area contributed by atoms with Gasteiger partial charge in [0, 0.05) is 16.2 Å². The number of carbonyl (C=O) groups excluding carboxylic acids is 1. The Hall–Kier alpha value is -2.44. The number of ketones is 1. The van der Waals surface area contributed by atoms with Gasteiger partial charge in [-0.15, -0.1) is 0 Å². The van der Waals surface area contributed by atoms with E-state index in [4.69, 9.17) is 0 Å². The van der Waals surface area contributed by atoms with E-state index >= 15 is 4.57 Å². The highest BCUT2D eigenvalue weighted by Gasteiger charge is 2.41. The highest BCUT2D eigenvalue weighted by molar-refractivity contribution is 7.80. The third-order valence-corrected chi connectivity index (χ3v) is 10.4. The van der Waals surface area contributed by atoms with E-state index < -0.39 is 12.8 Å². The Morgan fingerprint density at radius 2 is 1.00 bits per heavy atom. The number of Topliss-reactive ketones (excluding diaryl/α,β-unsaturated/α-hetero) is 1. The lowest BCUT2D eigenvalue weighted by Gasteiger charge is -2.28. The van der Waals surface area contributed by atoms with Crippen molar-refractivity contribution in [2.45, 2.75) is 83.2 Å². The standard InChI is InChI=1S/C32H41O2P/c1-2-3-4-5-6-7-8-9-10-20-27-31(32(33)28-21-14-11-15-22-28)35(34,29-23-16-12-17-24-29)30-25-18-13-19-26-30/h11-19,21-26,31H,2-10,20,27H2,1H3. The zero-order valence-electron chi connectivity index (χ0n) is 21.3. The molecule has 3 rings (SSSR count). The second-order valence-corrected chi connectivity index (χ2v) is 12.5. The molecule has 0 heterocycles. The summed E-state index contributed by atoms with van der Waals surface area (Å²) in [7, 11) is -3.18. The van der Waals surface area contributed by atoms with Crippen molar-refractivity contribution in [1.29, 1.82) is 0 Å². The van der Waals surface area contributed by atoms with Crippen molar-refractivity contribution in [3.8, 4) is 0 Å². The summed E-state index contributed by atoms with van der Waals surface area (Å²) in [5.74, 6) is -0.00226. The second-order valence-electron chi connectivity index (χ2n) is 9.55. The minimum absolute atomic E-state index is 0.00226. The number of hydrogen-bond donors (Lipinski definition) is 0. The molecule has 0 saturated heterocycles. The summed E-state index contributed by atoms with van der Waals surface area (Å²) in [5, 5.41) is 1.54. The van der Waals surface area contributed by atoms with Crippen molar-refractivity contribution < 1.29 is 9.36 Å². The third-order valence-electron chi connectivity index (χ3n) is 6.91. The normalized spacial score (nSPS) is 12.4. The molecule has 0 N–H and O–H groups in total. The van der Waals surface area contributed by atoms with Crippen LogP contribution < -0.4 is 10.6 Å². The summed E-state index contributed by atoms with van der Waals surface area (Å²) in [6.07, 6.45) is 13.0. The minimum atomic E-state index is -3.18. The zero-order valence-corrected chi connectivity index (χ0v) is 22.2. The molecular weight excluding hydrogens is 447 g/mol. The van der Waals surface area contributed by atoms with E-state index in [1.54, 1.807) is 0 Å². The Labute approximate surface area is 212 Å². The molecule has 0 aliphatic rings. The first-order valence-corrected chi connectivity index (χ1v) is 15.3. The second kappa shape index (κ2) is 14.8. The molecule has 35 heavy (non-hydrogen) atoms. The maximum absolute atomic E-state index is 15.0. The first kappa shape index (κ1) is 27.2. The third kappa shape index (κ3) is 7.77. The van der Waals surface area contributed by atoms with E-state index in [9.17, 15) is 4.79 Å². The number of hydrogen-bond acceptors (Lipinski definition) is 2. The smallest absolute Gasteiger partial charge is 0.173 e. The predicted octanol–water partition coefficient (Wildman–Crippen LogP) is 8.56. The Morgan fingerprint density at radius 3 is 1.46 bits per heavy atom.